The number of hydrogen-bond acceptors (Lipinski definition) is 4. The molecule has 0 saturated heterocycles. The van der Waals surface area contributed by atoms with Gasteiger partial charge in [0.15, 0.2) is 0 Å². The van der Waals surface area contributed by atoms with Gasteiger partial charge in [-0.15, -0.1) is 0 Å². The van der Waals surface area contributed by atoms with Crippen LogP contribution in [0.5, 0.6) is 5.75 Å². The number of methoxy groups -OCH3 is 1. The number of nitrogen functional groups attached to an aromatic ring is 1. The van der Waals surface area contributed by atoms with Crippen LogP contribution in [0, 0.1) is 0 Å². The number of nitrogens with two attached hydrogens (primary N) is 1. The number of carbonyl (C=O) groups is 1. The van der Waals surface area contributed by atoms with Crippen LogP contribution in [0.25, 0.3) is 0 Å². The zero-order chi connectivity index (χ0) is 16.4. The molecule has 1 aromatic carbocycles. The molecule has 21 heavy (non-hydrogen) atoms. The fourth-order valence-corrected chi connectivity index (χ4v) is 1.38. The minimum Gasteiger partial charge on any atom is -0.469 e. The molecule has 0 aliphatic rings. The normalized spacial score (nSPS) is 12.4. The van der Waals surface area contributed by atoms with Gasteiger partial charge in [-0.1, -0.05) is 6.07 Å². The maximum Gasteiger partial charge on any atom is 0.434 e. The Bertz CT molecular complexity index is 512. The van der Waals surface area contributed by atoms with Crippen LogP contribution < -0.4 is 10.5 Å². The van der Waals surface area contributed by atoms with Crippen molar-refractivity contribution in [3.05, 3.63) is 23.8 Å². The molecule has 0 amide bonds. The van der Waals surface area contributed by atoms with Gasteiger partial charge in [-0.2, -0.15) is 26.3 Å². The number of para-hydroxylation sites is 1. The Balaban J connectivity index is 3.20. The van der Waals surface area contributed by atoms with Crippen molar-refractivity contribution < 1.29 is 40.6 Å². The van der Waals surface area contributed by atoms with Crippen molar-refractivity contribution in [2.75, 3.05) is 12.8 Å². The highest BCUT2D eigenvalue weighted by atomic mass is 19.4. The van der Waals surface area contributed by atoms with Crippen molar-refractivity contribution in [2.45, 2.75) is 18.5 Å². The molecule has 118 valence electrons. The highest BCUT2D eigenvalue weighted by molar-refractivity contribution is 5.96. The minimum absolute atomic E-state index is 0.405. The number of ether oxygens (including phenoxy) is 2. The van der Waals surface area contributed by atoms with Gasteiger partial charge in [0.2, 0.25) is 0 Å². The first-order valence-electron chi connectivity index (χ1n) is 5.25. The molecule has 0 saturated carbocycles. The second-order valence-corrected chi connectivity index (χ2v) is 3.79. The number of rotatable bonds is 3. The monoisotopic (exact) mass is 317 g/mol. The lowest BCUT2D eigenvalue weighted by Gasteiger charge is -2.24. The maximum atomic E-state index is 12.4. The number of esters is 1. The van der Waals surface area contributed by atoms with E-state index in [1.807, 2.05) is 0 Å². The van der Waals surface area contributed by atoms with E-state index in [0.29, 0.717) is 0 Å². The van der Waals surface area contributed by atoms with Crippen LogP contribution >= 0.6 is 0 Å². The van der Waals surface area contributed by atoms with E-state index < -0.39 is 41.4 Å². The van der Waals surface area contributed by atoms with Gasteiger partial charge in [0.25, 0.3) is 6.10 Å². The molecule has 2 N–H and O–H groups in total. The predicted molar refractivity (Wildman–Crippen MR) is 58.7 cm³/mol. The number of alkyl halides is 6. The predicted octanol–water partition coefficient (Wildman–Crippen LogP) is 2.93. The molecule has 1 rings (SSSR count). The van der Waals surface area contributed by atoms with Crippen molar-refractivity contribution in [1.29, 1.82) is 0 Å². The average Bonchev–Trinajstić information content (AvgIpc) is 2.33. The Morgan fingerprint density at radius 2 is 1.67 bits per heavy atom. The third-order valence-corrected chi connectivity index (χ3v) is 2.31. The second-order valence-electron chi connectivity index (χ2n) is 3.79. The topological polar surface area (TPSA) is 61.5 Å². The highest BCUT2D eigenvalue weighted by Gasteiger charge is 2.59. The summed E-state index contributed by atoms with van der Waals surface area (Å²) < 4.78 is 82.5. The van der Waals surface area contributed by atoms with Gasteiger partial charge in [-0.25, -0.2) is 4.79 Å². The van der Waals surface area contributed by atoms with Gasteiger partial charge in [0, 0.05) is 0 Å². The number of anilines is 1. The van der Waals surface area contributed by atoms with Crippen LogP contribution in [0.15, 0.2) is 18.2 Å². The Labute approximate surface area is 114 Å². The fourth-order valence-electron chi connectivity index (χ4n) is 1.38. The molecule has 0 unspecified atom stereocenters. The maximum absolute atomic E-state index is 12.4. The standard InChI is InChI=1S/C11H9F6NO3/c1-20-8(19)5-3-2-4-6(7(5)18)21-9(10(12,13)14)11(15,16)17/h2-4,9H,18H2,1H3. The van der Waals surface area contributed by atoms with Crippen molar-refractivity contribution in [1.82, 2.24) is 0 Å². The summed E-state index contributed by atoms with van der Waals surface area (Å²) in [6.45, 7) is 0. The highest BCUT2D eigenvalue weighted by Crippen LogP contribution is 2.38. The van der Waals surface area contributed by atoms with Gasteiger partial charge < -0.3 is 15.2 Å². The Kier molecular flexibility index (Phi) is 4.59. The van der Waals surface area contributed by atoms with Crippen LogP contribution in [0.1, 0.15) is 10.4 Å². The van der Waals surface area contributed by atoms with Gasteiger partial charge in [0.05, 0.1) is 18.4 Å². The van der Waals surface area contributed by atoms with Crippen molar-refractivity contribution in [3.8, 4) is 5.75 Å². The SMILES string of the molecule is COC(=O)c1cccc(OC(C(F)(F)F)C(F)(F)F)c1N. The Morgan fingerprint density at radius 1 is 1.14 bits per heavy atom. The Morgan fingerprint density at radius 3 is 2.10 bits per heavy atom. The van der Waals surface area contributed by atoms with E-state index in [2.05, 4.69) is 9.47 Å². The number of halogens is 6. The molecule has 0 aliphatic carbocycles. The smallest absolute Gasteiger partial charge is 0.434 e. The third-order valence-electron chi connectivity index (χ3n) is 2.31. The molecular weight excluding hydrogens is 308 g/mol. The molecule has 1 aromatic rings. The third kappa shape index (κ3) is 3.92. The number of carbonyl (C=O) groups excluding carboxylic acids is 1. The van der Waals surface area contributed by atoms with E-state index in [1.54, 1.807) is 0 Å². The zero-order valence-corrected chi connectivity index (χ0v) is 10.4. The molecule has 0 bridgehead atoms. The molecule has 0 fully saturated rings. The molecule has 0 heterocycles. The van der Waals surface area contributed by atoms with Crippen molar-refractivity contribution in [2.24, 2.45) is 0 Å². The largest absolute Gasteiger partial charge is 0.469 e. The number of benzene rings is 1. The molecule has 0 atom stereocenters. The van der Waals surface area contributed by atoms with Gasteiger partial charge in [0.1, 0.15) is 5.75 Å². The summed E-state index contributed by atoms with van der Waals surface area (Å²) in [6.07, 6.45) is -15.4. The number of hydrogen-bond donors (Lipinski definition) is 1. The Hall–Kier alpha value is -2.13. The first kappa shape index (κ1) is 16.9. The summed E-state index contributed by atoms with van der Waals surface area (Å²) in [4.78, 5) is 11.3. The summed E-state index contributed by atoms with van der Waals surface area (Å²) in [7, 11) is 0.976. The van der Waals surface area contributed by atoms with Crippen LogP contribution in [-0.2, 0) is 4.74 Å². The van der Waals surface area contributed by atoms with E-state index in [0.717, 1.165) is 25.3 Å². The summed E-state index contributed by atoms with van der Waals surface area (Å²) in [5.74, 6) is -1.94. The van der Waals surface area contributed by atoms with E-state index in [4.69, 9.17) is 5.73 Å². The molecule has 0 spiro atoms. The zero-order valence-electron chi connectivity index (χ0n) is 10.4. The van der Waals surface area contributed by atoms with Gasteiger partial charge in [-0.3, -0.25) is 0 Å². The van der Waals surface area contributed by atoms with E-state index >= 15 is 0 Å². The summed E-state index contributed by atoms with van der Waals surface area (Å²) in [6, 6.07) is 2.87. The minimum atomic E-state index is -5.69. The lowest BCUT2D eigenvalue weighted by molar-refractivity contribution is -0.299. The summed E-state index contributed by atoms with van der Waals surface area (Å²) in [5, 5.41) is 0. The van der Waals surface area contributed by atoms with Crippen LogP contribution in [0.4, 0.5) is 32.0 Å². The van der Waals surface area contributed by atoms with Gasteiger partial charge in [-0.05, 0) is 12.1 Å². The van der Waals surface area contributed by atoms with E-state index in [-0.39, 0.29) is 0 Å². The first-order chi connectivity index (χ1) is 9.48. The molecule has 0 aliphatic heterocycles. The first-order valence-corrected chi connectivity index (χ1v) is 5.25. The second kappa shape index (κ2) is 5.70. The molecular formula is C11H9F6NO3. The lowest BCUT2D eigenvalue weighted by atomic mass is 10.1. The van der Waals surface area contributed by atoms with Crippen molar-refractivity contribution >= 4 is 11.7 Å². The summed E-state index contributed by atoms with van der Waals surface area (Å²) >= 11 is 0. The van der Waals surface area contributed by atoms with E-state index in [9.17, 15) is 31.1 Å². The van der Waals surface area contributed by atoms with E-state index in [1.165, 1.54) is 0 Å². The van der Waals surface area contributed by atoms with Crippen LogP contribution in [0.3, 0.4) is 0 Å². The molecule has 0 aromatic heterocycles. The lowest BCUT2D eigenvalue weighted by Crippen LogP contribution is -2.46. The molecule has 4 nitrogen and oxygen atoms in total. The van der Waals surface area contributed by atoms with Crippen molar-refractivity contribution in [3.63, 3.8) is 0 Å². The molecule has 10 heteroatoms. The summed E-state index contributed by atoms with van der Waals surface area (Å²) in [5.41, 5.74) is 4.25. The quantitative estimate of drug-likeness (QED) is 0.529. The van der Waals surface area contributed by atoms with Gasteiger partial charge >= 0.3 is 18.3 Å². The van der Waals surface area contributed by atoms with Crippen LogP contribution in [-0.4, -0.2) is 31.5 Å². The fraction of sp³-hybridized carbons (Fsp3) is 0.364. The molecule has 0 radical (unpaired) electrons. The van der Waals surface area contributed by atoms with Crippen LogP contribution in [0.2, 0.25) is 0 Å². The average molecular weight is 317 g/mol.